The molecule has 0 amide bonds. The molecule has 0 fully saturated rings. The van der Waals surface area contributed by atoms with Gasteiger partial charge < -0.3 is 21.3 Å². The maximum atomic E-state index is 4.96. The van der Waals surface area contributed by atoms with Crippen molar-refractivity contribution in [1.82, 2.24) is 0 Å². The number of hydrogen-bond acceptors (Lipinski definition) is 6. The summed E-state index contributed by atoms with van der Waals surface area (Å²) in [6.45, 7) is 1.31. The summed E-state index contributed by atoms with van der Waals surface area (Å²) in [4.78, 5) is 9.92. The molecule has 2 heterocycles. The summed E-state index contributed by atoms with van der Waals surface area (Å²) < 4.78 is 0. The minimum Gasteiger partial charge on any atom is -0.326 e. The van der Waals surface area contributed by atoms with Crippen molar-refractivity contribution < 1.29 is 0 Å². The van der Waals surface area contributed by atoms with Gasteiger partial charge in [0.25, 0.3) is 0 Å². The molecule has 2 bridgehead atoms. The van der Waals surface area contributed by atoms with E-state index in [1.165, 1.54) is 22.3 Å². The molecule has 0 atom stereocenters. The van der Waals surface area contributed by atoms with Gasteiger partial charge in [-0.05, 0) is 78.6 Å². The van der Waals surface area contributed by atoms with Gasteiger partial charge in [-0.1, -0.05) is 72.8 Å². The molecular weight excluding hydrogens is 480 g/mol. The highest BCUT2D eigenvalue weighted by Gasteiger charge is 2.14. The minimum absolute atomic E-state index is 0.656. The lowest BCUT2D eigenvalue weighted by atomic mass is 10.0. The van der Waals surface area contributed by atoms with Gasteiger partial charge in [0.05, 0.1) is 0 Å². The Morgan fingerprint density at radius 2 is 0.667 bits per heavy atom. The van der Waals surface area contributed by atoms with Gasteiger partial charge in [-0.15, -0.1) is 0 Å². The fraction of sp³-hybridized carbons (Fsp3) is 0.212. The van der Waals surface area contributed by atoms with Gasteiger partial charge in [-0.3, -0.25) is 9.98 Å². The van der Waals surface area contributed by atoms with Crippen molar-refractivity contribution in [1.29, 1.82) is 0 Å². The molecule has 0 spiro atoms. The molecule has 4 aromatic carbocycles. The summed E-state index contributed by atoms with van der Waals surface area (Å²) in [5, 5.41) is 14.5. The van der Waals surface area contributed by atoms with E-state index in [0.29, 0.717) is 13.1 Å². The zero-order valence-corrected chi connectivity index (χ0v) is 22.1. The first kappa shape index (κ1) is 24.7. The maximum Gasteiger partial charge on any atom is 0.200 e. The molecule has 0 radical (unpaired) electrons. The number of guanidine groups is 2. The van der Waals surface area contributed by atoms with Crippen molar-refractivity contribution in [3.63, 3.8) is 0 Å². The molecule has 0 unspecified atom stereocenters. The molecule has 2 aliphatic rings. The van der Waals surface area contributed by atoms with Crippen LogP contribution >= 0.6 is 0 Å². The van der Waals surface area contributed by atoms with Crippen LogP contribution in [0.4, 0.5) is 22.7 Å². The number of para-hydroxylation sites is 4. The maximum absolute atomic E-state index is 4.96. The van der Waals surface area contributed by atoms with Crippen LogP contribution in [0.25, 0.3) is 0 Å². The largest absolute Gasteiger partial charge is 0.326 e. The molecule has 0 saturated carbocycles. The highest BCUT2D eigenvalue weighted by Crippen LogP contribution is 2.25. The summed E-state index contributed by atoms with van der Waals surface area (Å²) in [6.07, 6.45) is 4.41. The Balaban J connectivity index is 1.46. The van der Waals surface area contributed by atoms with Crippen molar-refractivity contribution in [2.24, 2.45) is 9.98 Å². The lowest BCUT2D eigenvalue weighted by molar-refractivity contribution is 0.844. The number of nitrogens with one attached hydrogen (secondary N) is 4. The van der Waals surface area contributed by atoms with Crippen LogP contribution in [0.2, 0.25) is 0 Å². The smallest absolute Gasteiger partial charge is 0.200 e. The third-order valence-corrected chi connectivity index (χ3v) is 7.27. The van der Waals surface area contributed by atoms with Gasteiger partial charge in [0.15, 0.2) is 11.9 Å². The van der Waals surface area contributed by atoms with Gasteiger partial charge in [0, 0.05) is 35.8 Å². The zero-order chi connectivity index (χ0) is 26.3. The van der Waals surface area contributed by atoms with Gasteiger partial charge in [0.2, 0.25) is 0 Å². The number of rotatable bonds is 0. The quantitative estimate of drug-likeness (QED) is 0.210. The Kier molecular flexibility index (Phi) is 7.52. The van der Waals surface area contributed by atoms with E-state index in [9.17, 15) is 0 Å². The first-order valence-electron chi connectivity index (χ1n) is 13.8. The highest BCUT2D eigenvalue weighted by atomic mass is 15.2. The summed E-state index contributed by atoms with van der Waals surface area (Å²) in [7, 11) is 0. The molecule has 2 aliphatic heterocycles. The van der Waals surface area contributed by atoms with Crippen molar-refractivity contribution in [2.75, 3.05) is 34.4 Å². The average Bonchev–Trinajstić information content (AvgIpc) is 2.97. The average molecular weight is 515 g/mol. The normalized spacial score (nSPS) is 15.6. The van der Waals surface area contributed by atoms with Crippen molar-refractivity contribution >= 4 is 34.7 Å². The molecular formula is C33H34N6. The van der Waals surface area contributed by atoms with Crippen LogP contribution in [0.5, 0.6) is 0 Å². The Morgan fingerprint density at radius 3 is 0.974 bits per heavy atom. The fourth-order valence-corrected chi connectivity index (χ4v) is 5.16. The molecule has 4 aromatic rings. The topological polar surface area (TPSA) is 72.8 Å². The zero-order valence-electron chi connectivity index (χ0n) is 22.1. The molecule has 0 aliphatic carbocycles. The van der Waals surface area contributed by atoms with E-state index in [0.717, 1.165) is 66.8 Å². The predicted octanol–water partition coefficient (Wildman–Crippen LogP) is 6.73. The molecule has 6 rings (SSSR count). The first-order valence-corrected chi connectivity index (χ1v) is 13.8. The molecule has 0 aromatic heterocycles. The number of nitrogens with zero attached hydrogens (tertiary/aromatic N) is 2. The van der Waals surface area contributed by atoms with E-state index in [1.807, 2.05) is 0 Å². The second kappa shape index (κ2) is 11.9. The Bertz CT molecular complexity index is 1290. The standard InChI is InChI=1S/C33H34N6/c1-5-14-28-24(10-1)18-19-25-11-2-6-15-29(25)38-33-35-23-9-22-34-32(36-28)37-30-16-7-3-12-26(30)20-21-27-13-4-8-17-31(27)39-33/h1-8,10-17H,9,18-23H2,(H2,34,36,37)(H2,35,38,39). The van der Waals surface area contributed by atoms with E-state index in [4.69, 9.17) is 9.98 Å². The molecule has 196 valence electrons. The number of anilines is 4. The third-order valence-electron chi connectivity index (χ3n) is 7.27. The fourth-order valence-electron chi connectivity index (χ4n) is 5.16. The monoisotopic (exact) mass is 514 g/mol. The summed E-state index contributed by atoms with van der Waals surface area (Å²) >= 11 is 0. The summed E-state index contributed by atoms with van der Waals surface area (Å²) in [5.41, 5.74) is 9.34. The van der Waals surface area contributed by atoms with Crippen LogP contribution < -0.4 is 21.3 Å². The van der Waals surface area contributed by atoms with Crippen LogP contribution in [0.3, 0.4) is 0 Å². The predicted molar refractivity (Wildman–Crippen MR) is 164 cm³/mol. The van der Waals surface area contributed by atoms with Gasteiger partial charge in [-0.2, -0.15) is 0 Å². The van der Waals surface area contributed by atoms with Crippen molar-refractivity contribution in [3.05, 3.63) is 119 Å². The number of aliphatic imine (C=N–C) groups is 2. The van der Waals surface area contributed by atoms with Crippen LogP contribution in [-0.4, -0.2) is 25.0 Å². The molecule has 39 heavy (non-hydrogen) atoms. The van der Waals surface area contributed by atoms with Crippen LogP contribution in [-0.2, 0) is 25.7 Å². The Hall–Kier alpha value is -4.58. The second-order valence-electron chi connectivity index (χ2n) is 9.94. The first-order chi connectivity index (χ1) is 19.3. The van der Waals surface area contributed by atoms with E-state index in [2.05, 4.69) is 118 Å². The van der Waals surface area contributed by atoms with Crippen LogP contribution in [0.1, 0.15) is 28.7 Å². The number of fused-ring (bicyclic) bond motifs is 8. The van der Waals surface area contributed by atoms with E-state index < -0.39 is 0 Å². The number of aryl methyl sites for hydroxylation is 4. The Morgan fingerprint density at radius 1 is 0.385 bits per heavy atom. The van der Waals surface area contributed by atoms with E-state index in [-0.39, 0.29) is 0 Å². The number of benzene rings is 4. The van der Waals surface area contributed by atoms with Crippen molar-refractivity contribution in [3.8, 4) is 0 Å². The summed E-state index contributed by atoms with van der Waals surface area (Å²) in [6, 6.07) is 34.1. The molecule has 6 heteroatoms. The van der Waals surface area contributed by atoms with E-state index in [1.54, 1.807) is 0 Å². The van der Waals surface area contributed by atoms with Crippen molar-refractivity contribution in [2.45, 2.75) is 32.1 Å². The second-order valence-corrected chi connectivity index (χ2v) is 9.94. The van der Waals surface area contributed by atoms with Gasteiger partial charge in [-0.25, -0.2) is 0 Å². The third kappa shape index (κ3) is 6.12. The van der Waals surface area contributed by atoms with Crippen LogP contribution in [0, 0.1) is 0 Å². The summed E-state index contributed by atoms with van der Waals surface area (Å²) in [5.74, 6) is 1.53. The van der Waals surface area contributed by atoms with Crippen LogP contribution in [0.15, 0.2) is 107 Å². The molecule has 0 saturated heterocycles. The molecule has 4 N–H and O–H groups in total. The molecule has 6 nitrogen and oxygen atoms in total. The van der Waals surface area contributed by atoms with Gasteiger partial charge >= 0.3 is 0 Å². The van der Waals surface area contributed by atoms with E-state index >= 15 is 0 Å². The van der Waals surface area contributed by atoms with Gasteiger partial charge in [0.1, 0.15) is 0 Å². The minimum atomic E-state index is 0.656. The highest BCUT2D eigenvalue weighted by molar-refractivity contribution is 6.05. The Labute approximate surface area is 230 Å². The SMILES string of the molecule is c1ccc2c(c1)CCc1ccccc1NC1=NCCCN=C(N2)Nc2ccccc2CCc2ccccc2N1. The number of hydrogen-bond donors (Lipinski definition) is 4. The lowest BCUT2D eigenvalue weighted by Crippen LogP contribution is -2.24. The lowest BCUT2D eigenvalue weighted by Gasteiger charge is -2.20.